The number of hydrogen-bond donors (Lipinski definition) is 2. The zero-order chi connectivity index (χ0) is 15.6. The molecule has 5 nitrogen and oxygen atoms in total. The number of fused-ring (bicyclic) bond motifs is 1. The summed E-state index contributed by atoms with van der Waals surface area (Å²) in [5.41, 5.74) is 1.23. The number of aliphatic imine (C=N–C) groups is 1. The zero-order valence-corrected chi connectivity index (χ0v) is 14.2. The maximum Gasteiger partial charge on any atom is 0.231 e. The van der Waals surface area contributed by atoms with Crippen molar-refractivity contribution < 1.29 is 9.47 Å². The van der Waals surface area contributed by atoms with Gasteiger partial charge in [0.05, 0.1) is 0 Å². The average molecular weight is 323 g/mol. The highest BCUT2D eigenvalue weighted by Crippen LogP contribution is 2.32. The molecule has 1 heterocycles. The molecule has 1 aromatic carbocycles. The third kappa shape index (κ3) is 5.33. The smallest absolute Gasteiger partial charge is 0.231 e. The van der Waals surface area contributed by atoms with Crippen LogP contribution < -0.4 is 20.1 Å². The largest absolute Gasteiger partial charge is 0.454 e. The van der Waals surface area contributed by atoms with E-state index < -0.39 is 0 Å². The van der Waals surface area contributed by atoms with E-state index in [4.69, 9.17) is 9.47 Å². The lowest BCUT2D eigenvalue weighted by atomic mass is 10.1. The topological polar surface area (TPSA) is 54.9 Å². The van der Waals surface area contributed by atoms with Gasteiger partial charge in [0.2, 0.25) is 6.79 Å². The molecule has 1 aliphatic rings. The summed E-state index contributed by atoms with van der Waals surface area (Å²) in [4.78, 5) is 4.58. The molecule has 1 aromatic rings. The number of ether oxygens (including phenoxy) is 2. The van der Waals surface area contributed by atoms with Crippen molar-refractivity contribution in [1.29, 1.82) is 0 Å². The molecule has 0 saturated carbocycles. The van der Waals surface area contributed by atoms with Crippen molar-refractivity contribution in [3.05, 3.63) is 23.8 Å². The summed E-state index contributed by atoms with van der Waals surface area (Å²) in [6.45, 7) is 4.98. The lowest BCUT2D eigenvalue weighted by molar-refractivity contribution is 0.174. The molecule has 0 aliphatic carbocycles. The molecule has 0 amide bonds. The minimum absolute atomic E-state index is 0.324. The molecule has 22 heavy (non-hydrogen) atoms. The van der Waals surface area contributed by atoms with Crippen LogP contribution in [0.1, 0.15) is 18.9 Å². The quantitative estimate of drug-likeness (QED) is 0.437. The first-order chi connectivity index (χ1) is 10.8. The van der Waals surface area contributed by atoms with E-state index in [1.807, 2.05) is 23.9 Å². The molecule has 0 radical (unpaired) electrons. The van der Waals surface area contributed by atoms with Gasteiger partial charge in [0.25, 0.3) is 0 Å². The van der Waals surface area contributed by atoms with Crippen LogP contribution in [0.15, 0.2) is 23.2 Å². The summed E-state index contributed by atoms with van der Waals surface area (Å²) in [7, 11) is 0. The predicted octanol–water partition coefficient (Wildman–Crippen LogP) is 2.27. The number of thioether (sulfide) groups is 1. The monoisotopic (exact) mass is 323 g/mol. The second-order valence-corrected chi connectivity index (χ2v) is 5.96. The van der Waals surface area contributed by atoms with Crippen molar-refractivity contribution in [1.82, 2.24) is 10.6 Å². The molecular weight excluding hydrogens is 298 g/mol. The molecule has 122 valence electrons. The number of benzene rings is 1. The second-order valence-electron chi connectivity index (χ2n) is 4.97. The SMILES string of the molecule is CCNC(=NCCCSC)NCCc1ccc2c(c1)OCO2. The van der Waals surface area contributed by atoms with Crippen molar-refractivity contribution in [2.24, 2.45) is 4.99 Å². The molecule has 6 heteroatoms. The van der Waals surface area contributed by atoms with Crippen LogP contribution in [0, 0.1) is 0 Å². The van der Waals surface area contributed by atoms with E-state index in [0.717, 1.165) is 55.7 Å². The molecular formula is C16H25N3O2S. The van der Waals surface area contributed by atoms with Gasteiger partial charge < -0.3 is 20.1 Å². The van der Waals surface area contributed by atoms with Crippen LogP contribution in [-0.2, 0) is 6.42 Å². The van der Waals surface area contributed by atoms with Crippen molar-refractivity contribution in [2.45, 2.75) is 19.8 Å². The zero-order valence-electron chi connectivity index (χ0n) is 13.4. The normalized spacial score (nSPS) is 13.3. The van der Waals surface area contributed by atoms with Crippen LogP contribution in [0.3, 0.4) is 0 Å². The summed E-state index contributed by atoms with van der Waals surface area (Å²) in [6, 6.07) is 6.10. The Kier molecular flexibility index (Phi) is 7.22. The standard InChI is InChI=1S/C16H25N3O2S/c1-3-17-16(18-8-4-10-22-2)19-9-7-13-5-6-14-15(11-13)21-12-20-14/h5-6,11H,3-4,7-10,12H2,1-2H3,(H2,17,18,19). The number of rotatable bonds is 8. The number of guanidine groups is 1. The molecule has 1 aliphatic heterocycles. The Hall–Kier alpha value is -1.56. The van der Waals surface area contributed by atoms with Crippen LogP contribution >= 0.6 is 11.8 Å². The molecule has 0 fully saturated rings. The van der Waals surface area contributed by atoms with Crippen molar-refractivity contribution in [3.63, 3.8) is 0 Å². The van der Waals surface area contributed by atoms with Crippen LogP contribution in [-0.4, -0.2) is 44.4 Å². The summed E-state index contributed by atoms with van der Waals surface area (Å²) in [5.74, 6) is 3.72. The van der Waals surface area contributed by atoms with Gasteiger partial charge in [-0.3, -0.25) is 4.99 Å². The predicted molar refractivity (Wildman–Crippen MR) is 93.2 cm³/mol. The summed E-state index contributed by atoms with van der Waals surface area (Å²) in [6.07, 6.45) is 4.16. The van der Waals surface area contributed by atoms with E-state index in [1.54, 1.807) is 0 Å². The van der Waals surface area contributed by atoms with E-state index in [2.05, 4.69) is 34.9 Å². The Morgan fingerprint density at radius 1 is 1.27 bits per heavy atom. The van der Waals surface area contributed by atoms with Gasteiger partial charge in [0, 0.05) is 19.6 Å². The molecule has 0 spiro atoms. The summed E-state index contributed by atoms with van der Waals surface area (Å²) >= 11 is 1.86. The maximum atomic E-state index is 5.40. The second kappa shape index (κ2) is 9.46. The average Bonchev–Trinajstić information content (AvgIpc) is 2.99. The van der Waals surface area contributed by atoms with Crippen molar-refractivity contribution in [2.75, 3.05) is 38.4 Å². The molecule has 0 atom stereocenters. The van der Waals surface area contributed by atoms with Gasteiger partial charge in [-0.2, -0.15) is 11.8 Å². The van der Waals surface area contributed by atoms with Crippen LogP contribution in [0.25, 0.3) is 0 Å². The van der Waals surface area contributed by atoms with Crippen LogP contribution in [0.2, 0.25) is 0 Å². The highest BCUT2D eigenvalue weighted by molar-refractivity contribution is 7.98. The van der Waals surface area contributed by atoms with E-state index in [9.17, 15) is 0 Å². The van der Waals surface area contributed by atoms with E-state index in [-0.39, 0.29) is 0 Å². The lowest BCUT2D eigenvalue weighted by Crippen LogP contribution is -2.38. The number of nitrogens with zero attached hydrogens (tertiary/aromatic N) is 1. The fourth-order valence-electron chi connectivity index (χ4n) is 2.16. The van der Waals surface area contributed by atoms with Crippen molar-refractivity contribution >= 4 is 17.7 Å². The van der Waals surface area contributed by atoms with Gasteiger partial charge in [-0.05, 0) is 49.5 Å². The first-order valence-electron chi connectivity index (χ1n) is 7.73. The van der Waals surface area contributed by atoms with E-state index in [0.29, 0.717) is 6.79 Å². The fourth-order valence-corrected chi connectivity index (χ4v) is 2.58. The van der Waals surface area contributed by atoms with Gasteiger partial charge in [-0.25, -0.2) is 0 Å². The number of nitrogens with one attached hydrogen (secondary N) is 2. The Labute approximate surface area is 136 Å². The lowest BCUT2D eigenvalue weighted by Gasteiger charge is -2.11. The highest BCUT2D eigenvalue weighted by Gasteiger charge is 2.12. The fraction of sp³-hybridized carbons (Fsp3) is 0.562. The van der Waals surface area contributed by atoms with E-state index in [1.165, 1.54) is 5.56 Å². The third-order valence-electron chi connectivity index (χ3n) is 3.26. The Balaban J connectivity index is 1.77. The van der Waals surface area contributed by atoms with Crippen LogP contribution in [0.4, 0.5) is 0 Å². The minimum atomic E-state index is 0.324. The minimum Gasteiger partial charge on any atom is -0.454 e. The highest BCUT2D eigenvalue weighted by atomic mass is 32.2. The molecule has 0 bridgehead atoms. The molecule has 0 unspecified atom stereocenters. The van der Waals surface area contributed by atoms with Crippen molar-refractivity contribution in [3.8, 4) is 11.5 Å². The number of hydrogen-bond acceptors (Lipinski definition) is 4. The van der Waals surface area contributed by atoms with Gasteiger partial charge in [-0.15, -0.1) is 0 Å². The third-order valence-corrected chi connectivity index (χ3v) is 3.96. The Morgan fingerprint density at radius 3 is 2.95 bits per heavy atom. The van der Waals surface area contributed by atoms with Gasteiger partial charge in [0.1, 0.15) is 0 Å². The van der Waals surface area contributed by atoms with Crippen LogP contribution in [0.5, 0.6) is 11.5 Å². The molecule has 0 aromatic heterocycles. The maximum absolute atomic E-state index is 5.40. The van der Waals surface area contributed by atoms with E-state index >= 15 is 0 Å². The first kappa shape index (κ1) is 16.8. The van der Waals surface area contributed by atoms with Gasteiger partial charge in [0.15, 0.2) is 17.5 Å². The van der Waals surface area contributed by atoms with Gasteiger partial charge in [-0.1, -0.05) is 6.07 Å². The van der Waals surface area contributed by atoms with Gasteiger partial charge >= 0.3 is 0 Å². The Morgan fingerprint density at radius 2 is 2.14 bits per heavy atom. The molecule has 2 rings (SSSR count). The Bertz CT molecular complexity index is 494. The molecule has 2 N–H and O–H groups in total. The first-order valence-corrected chi connectivity index (χ1v) is 9.12. The molecule has 0 saturated heterocycles. The summed E-state index contributed by atoms with van der Waals surface area (Å²) in [5, 5.41) is 6.65. The summed E-state index contributed by atoms with van der Waals surface area (Å²) < 4.78 is 10.7.